The van der Waals surface area contributed by atoms with Crippen LogP contribution in [0.5, 0.6) is 0 Å². The van der Waals surface area contributed by atoms with E-state index in [1.807, 2.05) is 51.1 Å². The largest absolute Gasteiger partial charge is 0.326 e. The number of nitrogens with zero attached hydrogens (tertiary/aromatic N) is 1. The van der Waals surface area contributed by atoms with Crippen molar-refractivity contribution in [3.63, 3.8) is 0 Å². The average Bonchev–Trinajstić information content (AvgIpc) is 2.95. The first-order chi connectivity index (χ1) is 12.9. The molecule has 1 aromatic heterocycles. The van der Waals surface area contributed by atoms with Gasteiger partial charge in [0.2, 0.25) is 11.8 Å². The third-order valence-electron chi connectivity index (χ3n) is 4.05. The first kappa shape index (κ1) is 19.0. The summed E-state index contributed by atoms with van der Waals surface area (Å²) in [7, 11) is 0. The van der Waals surface area contributed by atoms with Crippen LogP contribution < -0.4 is 10.6 Å². The fourth-order valence-corrected chi connectivity index (χ4v) is 3.92. The maximum atomic E-state index is 12.4. The second-order valence-corrected chi connectivity index (χ2v) is 7.75. The quantitative estimate of drug-likeness (QED) is 0.642. The molecule has 6 heteroatoms. The van der Waals surface area contributed by atoms with Gasteiger partial charge in [-0.1, -0.05) is 30.4 Å². The Hall–Kier alpha value is -2.73. The first-order valence-corrected chi connectivity index (χ1v) is 9.82. The summed E-state index contributed by atoms with van der Waals surface area (Å²) in [5, 5.41) is 6.38. The Balaban J connectivity index is 1.69. The topological polar surface area (TPSA) is 71.1 Å². The van der Waals surface area contributed by atoms with E-state index in [-0.39, 0.29) is 11.8 Å². The Labute approximate surface area is 162 Å². The predicted octanol–water partition coefficient (Wildman–Crippen LogP) is 4.83. The fourth-order valence-electron chi connectivity index (χ4n) is 2.98. The smallest absolute Gasteiger partial charge is 0.228 e. The zero-order valence-corrected chi connectivity index (χ0v) is 16.6. The van der Waals surface area contributed by atoms with Crippen molar-refractivity contribution in [2.45, 2.75) is 40.0 Å². The number of thiazole rings is 1. The number of rotatable bonds is 6. The third kappa shape index (κ3) is 5.14. The van der Waals surface area contributed by atoms with Gasteiger partial charge in [-0.05, 0) is 61.2 Å². The standard InChI is InChI=1S/C21H23N3O2S/c1-4-5-19(25)24-21-23-17-7-6-15(11-18(17)27-21)12-20(26)22-16-9-13(2)8-14(3)10-16/h6-11H,4-5,12H2,1-3H3,(H,22,26)(H,23,24,25). The average molecular weight is 382 g/mol. The van der Waals surface area contributed by atoms with E-state index in [0.717, 1.165) is 39.0 Å². The highest BCUT2D eigenvalue weighted by Gasteiger charge is 2.10. The summed E-state index contributed by atoms with van der Waals surface area (Å²) in [6.07, 6.45) is 1.58. The van der Waals surface area contributed by atoms with E-state index in [2.05, 4.69) is 21.7 Å². The molecule has 1 heterocycles. The van der Waals surface area contributed by atoms with Crippen LogP contribution in [0.2, 0.25) is 0 Å². The van der Waals surface area contributed by atoms with E-state index in [0.29, 0.717) is 18.0 Å². The Kier molecular flexibility index (Phi) is 5.86. The number of hydrogen-bond acceptors (Lipinski definition) is 4. The number of aryl methyl sites for hydroxylation is 2. The van der Waals surface area contributed by atoms with Gasteiger partial charge in [0, 0.05) is 12.1 Å². The molecule has 3 aromatic rings. The second-order valence-electron chi connectivity index (χ2n) is 6.72. The molecule has 5 nitrogen and oxygen atoms in total. The van der Waals surface area contributed by atoms with Crippen molar-refractivity contribution in [1.29, 1.82) is 0 Å². The molecule has 2 amide bonds. The van der Waals surface area contributed by atoms with Crippen LogP contribution in [-0.4, -0.2) is 16.8 Å². The molecule has 0 spiro atoms. The lowest BCUT2D eigenvalue weighted by molar-refractivity contribution is -0.116. The number of amides is 2. The molecule has 0 unspecified atom stereocenters. The third-order valence-corrected chi connectivity index (χ3v) is 4.98. The molecule has 0 aliphatic rings. The van der Waals surface area contributed by atoms with Crippen molar-refractivity contribution >= 4 is 44.2 Å². The van der Waals surface area contributed by atoms with Crippen LogP contribution in [0.1, 0.15) is 36.5 Å². The van der Waals surface area contributed by atoms with Crippen molar-refractivity contribution in [2.75, 3.05) is 10.6 Å². The van der Waals surface area contributed by atoms with Gasteiger partial charge < -0.3 is 10.6 Å². The maximum Gasteiger partial charge on any atom is 0.228 e. The number of fused-ring (bicyclic) bond motifs is 1. The van der Waals surface area contributed by atoms with Crippen molar-refractivity contribution in [3.8, 4) is 0 Å². The summed E-state index contributed by atoms with van der Waals surface area (Å²) in [4.78, 5) is 28.5. The van der Waals surface area contributed by atoms with E-state index in [1.54, 1.807) is 0 Å². The Morgan fingerprint density at radius 3 is 2.44 bits per heavy atom. The van der Waals surface area contributed by atoms with E-state index >= 15 is 0 Å². The van der Waals surface area contributed by atoms with Gasteiger partial charge in [0.15, 0.2) is 5.13 Å². The van der Waals surface area contributed by atoms with Crippen molar-refractivity contribution in [1.82, 2.24) is 4.98 Å². The van der Waals surface area contributed by atoms with Gasteiger partial charge in [-0.3, -0.25) is 9.59 Å². The number of carbonyl (C=O) groups is 2. The van der Waals surface area contributed by atoms with Crippen LogP contribution in [0.4, 0.5) is 10.8 Å². The maximum absolute atomic E-state index is 12.4. The molecule has 140 valence electrons. The normalized spacial score (nSPS) is 10.8. The number of aromatic nitrogens is 1. The highest BCUT2D eigenvalue weighted by Crippen LogP contribution is 2.27. The minimum atomic E-state index is -0.0552. The molecular formula is C21H23N3O2S. The summed E-state index contributed by atoms with van der Waals surface area (Å²) in [6.45, 7) is 5.99. The SMILES string of the molecule is CCCC(=O)Nc1nc2ccc(CC(=O)Nc3cc(C)cc(C)c3)cc2s1. The summed E-state index contributed by atoms with van der Waals surface area (Å²) < 4.78 is 0.957. The molecule has 0 saturated heterocycles. The number of nitrogens with one attached hydrogen (secondary N) is 2. The van der Waals surface area contributed by atoms with E-state index in [4.69, 9.17) is 0 Å². The summed E-state index contributed by atoms with van der Waals surface area (Å²) in [5.74, 6) is -0.0788. The molecule has 3 rings (SSSR count). The zero-order chi connectivity index (χ0) is 19.4. The van der Waals surface area contributed by atoms with Crippen LogP contribution in [0.15, 0.2) is 36.4 Å². The molecule has 0 aliphatic carbocycles. The lowest BCUT2D eigenvalue weighted by Crippen LogP contribution is -2.14. The minimum Gasteiger partial charge on any atom is -0.326 e. The van der Waals surface area contributed by atoms with Crippen LogP contribution >= 0.6 is 11.3 Å². The fraction of sp³-hybridized carbons (Fsp3) is 0.286. The molecule has 0 bridgehead atoms. The van der Waals surface area contributed by atoms with Crippen LogP contribution in [0.25, 0.3) is 10.2 Å². The lowest BCUT2D eigenvalue weighted by atomic mass is 10.1. The molecule has 2 aromatic carbocycles. The van der Waals surface area contributed by atoms with Gasteiger partial charge in [0.25, 0.3) is 0 Å². The van der Waals surface area contributed by atoms with E-state index in [1.165, 1.54) is 11.3 Å². The van der Waals surface area contributed by atoms with Crippen LogP contribution in [-0.2, 0) is 16.0 Å². The molecule has 0 saturated carbocycles. The van der Waals surface area contributed by atoms with Gasteiger partial charge in [0.1, 0.15) is 0 Å². The second kappa shape index (κ2) is 8.31. The molecule has 0 fully saturated rings. The van der Waals surface area contributed by atoms with Crippen molar-refractivity contribution < 1.29 is 9.59 Å². The van der Waals surface area contributed by atoms with E-state index in [9.17, 15) is 9.59 Å². The molecule has 2 N–H and O–H groups in total. The van der Waals surface area contributed by atoms with Gasteiger partial charge in [-0.25, -0.2) is 4.98 Å². The van der Waals surface area contributed by atoms with E-state index < -0.39 is 0 Å². The first-order valence-electron chi connectivity index (χ1n) is 9.00. The Bertz CT molecular complexity index is 974. The van der Waals surface area contributed by atoms with Crippen LogP contribution in [0.3, 0.4) is 0 Å². The minimum absolute atomic E-state index is 0.0235. The summed E-state index contributed by atoms with van der Waals surface area (Å²) >= 11 is 1.43. The highest BCUT2D eigenvalue weighted by molar-refractivity contribution is 7.22. The van der Waals surface area contributed by atoms with Gasteiger partial charge in [0.05, 0.1) is 16.6 Å². The lowest BCUT2D eigenvalue weighted by Gasteiger charge is -2.07. The molecule has 27 heavy (non-hydrogen) atoms. The zero-order valence-electron chi connectivity index (χ0n) is 15.8. The van der Waals surface area contributed by atoms with Crippen molar-refractivity contribution in [3.05, 3.63) is 53.1 Å². The summed E-state index contributed by atoms with van der Waals surface area (Å²) in [5.41, 5.74) is 4.80. The van der Waals surface area contributed by atoms with Gasteiger partial charge in [-0.15, -0.1) is 0 Å². The predicted molar refractivity (Wildman–Crippen MR) is 111 cm³/mol. The number of carbonyl (C=O) groups excluding carboxylic acids is 2. The molecular weight excluding hydrogens is 358 g/mol. The van der Waals surface area contributed by atoms with Crippen LogP contribution in [0, 0.1) is 13.8 Å². The highest BCUT2D eigenvalue weighted by atomic mass is 32.1. The molecule has 0 atom stereocenters. The Morgan fingerprint density at radius 1 is 1.00 bits per heavy atom. The molecule has 0 aliphatic heterocycles. The summed E-state index contributed by atoms with van der Waals surface area (Å²) in [6, 6.07) is 11.8. The Morgan fingerprint density at radius 2 is 1.74 bits per heavy atom. The molecule has 0 radical (unpaired) electrons. The van der Waals surface area contributed by atoms with Gasteiger partial charge >= 0.3 is 0 Å². The van der Waals surface area contributed by atoms with Crippen molar-refractivity contribution in [2.24, 2.45) is 0 Å². The monoisotopic (exact) mass is 381 g/mol. The number of benzene rings is 2. The number of hydrogen-bond donors (Lipinski definition) is 2. The number of anilines is 2. The van der Waals surface area contributed by atoms with Gasteiger partial charge in [-0.2, -0.15) is 0 Å².